The lowest BCUT2D eigenvalue weighted by molar-refractivity contribution is -0.458. The number of hydrogen-bond acceptors (Lipinski definition) is 10. The Labute approximate surface area is 455 Å². The number of hydrogen-bond donors (Lipinski definition) is 0. The second-order valence-corrected chi connectivity index (χ2v) is 20.2. The third kappa shape index (κ3) is 9.35. The van der Waals surface area contributed by atoms with Crippen LogP contribution in [0.3, 0.4) is 0 Å². The number of nitrogens with zero attached hydrogens (tertiary/aromatic N) is 2. The van der Waals surface area contributed by atoms with Crippen molar-refractivity contribution in [1.82, 2.24) is 10.1 Å². The molecule has 0 atom stereocenters. The van der Waals surface area contributed by atoms with Gasteiger partial charge < -0.3 is 0 Å². The molecule has 508 valence electrons. The summed E-state index contributed by atoms with van der Waals surface area (Å²) in [6.07, 6.45) is -31.4. The molecule has 2 aliphatic rings. The van der Waals surface area contributed by atoms with E-state index in [9.17, 15) is 185 Å². The number of carbonyl (C=O) groups is 4. The van der Waals surface area contributed by atoms with E-state index in [0.717, 1.165) is 0 Å². The van der Waals surface area contributed by atoms with Crippen molar-refractivity contribution < 1.29 is 220 Å². The van der Waals surface area contributed by atoms with Crippen molar-refractivity contribution in [3.63, 3.8) is 0 Å². The summed E-state index contributed by atoms with van der Waals surface area (Å²) in [4.78, 5) is 51.4. The second-order valence-electron chi connectivity index (χ2n) is 17.1. The maximum Gasteiger partial charge on any atom is 0.460 e. The smallest absolute Gasteiger partial charge is 0.266 e. The summed E-state index contributed by atoms with van der Waals surface area (Å²) < 4.78 is 612. The van der Waals surface area contributed by atoms with E-state index in [1.54, 1.807) is 0 Å². The minimum Gasteiger partial charge on any atom is -0.266 e. The van der Waals surface area contributed by atoms with Gasteiger partial charge in [0.2, 0.25) is 5.41 Å². The molecule has 0 fully saturated rings. The molecular weight excluding hydrogens is 1430 g/mol. The number of amides is 4. The predicted molar refractivity (Wildman–Crippen MR) is 188 cm³/mol. The molecule has 2 aliphatic heterocycles. The number of benzene rings is 2. The molecule has 0 radical (unpaired) electrons. The highest BCUT2D eigenvalue weighted by atomic mass is 32.2. The van der Waals surface area contributed by atoms with Gasteiger partial charge in [-0.2, -0.15) is 192 Å². The summed E-state index contributed by atoms with van der Waals surface area (Å²) >= 11 is 0. The zero-order valence-corrected chi connectivity index (χ0v) is 40.5. The van der Waals surface area contributed by atoms with Crippen molar-refractivity contribution in [1.29, 1.82) is 0 Å². The van der Waals surface area contributed by atoms with Crippen molar-refractivity contribution >= 4 is 43.9 Å². The third-order valence-corrected chi connectivity index (χ3v) is 14.2. The van der Waals surface area contributed by atoms with Gasteiger partial charge in [0, 0.05) is 0 Å². The number of fused-ring (bicyclic) bond motifs is 2. The van der Waals surface area contributed by atoms with Crippen LogP contribution in [0.25, 0.3) is 0 Å². The van der Waals surface area contributed by atoms with Gasteiger partial charge in [0.05, 0.1) is 22.3 Å². The highest BCUT2D eigenvalue weighted by Gasteiger charge is 2.98. The number of alkyl halides is 40. The van der Waals surface area contributed by atoms with E-state index in [0.29, 0.717) is 0 Å². The SMILES string of the molecule is O=C1c2ccc(C(c3ccc4c(c3)C(=O)N(OS(=O)(=O)C(F)(F)C(F)(F)C(F)(F)C(F)(F)C(F)(F)C(F)(F)C(F)(F)C(F)(F)F)C4=O)(C(F)(F)F)C(F)(F)F)cc2C(=O)N1OS(=O)(=O)C(F)(F)C(F)(F)C(F)(F)C(F)(F)C(F)(F)C(F)(F)C(F)(F)C(F)(F)F. The van der Waals surface area contributed by atoms with Crippen molar-refractivity contribution in [3.05, 3.63) is 69.8 Å². The summed E-state index contributed by atoms with van der Waals surface area (Å²) in [5.41, 5.74) is -21.5. The van der Waals surface area contributed by atoms with Gasteiger partial charge in [0.25, 0.3) is 23.6 Å². The van der Waals surface area contributed by atoms with Gasteiger partial charge in [-0.3, -0.25) is 19.2 Å². The molecule has 0 N–H and O–H groups in total. The molecule has 0 spiro atoms. The van der Waals surface area contributed by atoms with Crippen molar-refractivity contribution in [3.8, 4) is 0 Å². The van der Waals surface area contributed by atoms with E-state index in [4.69, 9.17) is 0 Å². The molecule has 2 aromatic rings. The number of imide groups is 2. The quantitative estimate of drug-likeness (QED) is 0.0921. The molecule has 0 aliphatic carbocycles. The number of carbonyl (C=O) groups excluding carboxylic acids is 4. The molecule has 0 saturated heterocycles. The van der Waals surface area contributed by atoms with Crippen LogP contribution in [-0.4, -0.2) is 157 Å². The summed E-state index contributed by atoms with van der Waals surface area (Å²) in [5.74, 6) is -124. The Morgan fingerprint density at radius 3 is 0.652 bits per heavy atom. The minimum atomic E-state index is -9.52. The lowest BCUT2D eigenvalue weighted by Crippen LogP contribution is -2.75. The van der Waals surface area contributed by atoms with Crippen LogP contribution < -0.4 is 0 Å². The fourth-order valence-electron chi connectivity index (χ4n) is 6.92. The van der Waals surface area contributed by atoms with Gasteiger partial charge in [-0.1, -0.05) is 12.1 Å². The lowest BCUT2D eigenvalue weighted by Gasteiger charge is -2.42. The maximum atomic E-state index is 15.1. The van der Waals surface area contributed by atoms with Crippen LogP contribution in [-0.2, 0) is 34.2 Å². The zero-order valence-electron chi connectivity index (χ0n) is 38.9. The monoisotopic (exact) mass is 1440 g/mol. The van der Waals surface area contributed by atoms with Crippen LogP contribution in [0.5, 0.6) is 0 Å². The van der Waals surface area contributed by atoms with Crippen LogP contribution in [0.4, 0.5) is 176 Å². The van der Waals surface area contributed by atoms with E-state index in [2.05, 4.69) is 8.57 Å². The minimum absolute atomic E-state index is 0.726. The molecule has 4 rings (SSSR count). The first-order valence-electron chi connectivity index (χ1n) is 20.0. The van der Waals surface area contributed by atoms with Gasteiger partial charge in [0.1, 0.15) is 0 Å². The summed E-state index contributed by atoms with van der Waals surface area (Å²) in [6, 6.07) is -5.42. The molecule has 4 amide bonds. The van der Waals surface area contributed by atoms with Crippen LogP contribution in [0.15, 0.2) is 36.4 Å². The lowest BCUT2D eigenvalue weighted by atomic mass is 9.71. The molecular formula is C35H6F40N2O10S2. The standard InChI is InChI=1S/C35H6F40N2O10S2/c36-18(37,22(44,45)26(52,53)32(66,67)68)20(40,41)24(48,49)28(56,57)34(72,73)88(82,83)86-76-13(78)9-3-1-7(5-11(9)15(76)80)17(30(60,61)62,31(63,64)65)8-2-4-10-12(6-8)16(81)77(14(10)79)87-89(84,85)35(74,75)29(58,59)25(50,51)21(42,43)19(38,39)23(46,47)27(54,55)33(69,70)71/h1-6H. The fraction of sp³-hybridized carbons (Fsp3) is 0.543. The Morgan fingerprint density at radius 1 is 0.258 bits per heavy atom. The van der Waals surface area contributed by atoms with Crippen molar-refractivity contribution in [2.24, 2.45) is 0 Å². The maximum absolute atomic E-state index is 15.1. The van der Waals surface area contributed by atoms with E-state index in [-0.39, 0.29) is 0 Å². The average molecular weight is 1440 g/mol. The highest BCUT2D eigenvalue weighted by Crippen LogP contribution is 2.67. The Bertz CT molecular complexity index is 3250. The average Bonchev–Trinajstić information content (AvgIpc) is 0.952. The first-order chi connectivity index (χ1) is 38.5. The van der Waals surface area contributed by atoms with Gasteiger partial charge in [-0.05, 0) is 35.4 Å². The Hall–Kier alpha value is -6.26. The number of rotatable bonds is 20. The number of hydroxylamine groups is 4. The molecule has 2 heterocycles. The zero-order chi connectivity index (χ0) is 71.1. The largest absolute Gasteiger partial charge is 0.460 e. The normalized spacial score (nSPS) is 17.3. The third-order valence-electron chi connectivity index (χ3n) is 11.8. The fourth-order valence-corrected chi connectivity index (χ4v) is 8.66. The molecule has 12 nitrogen and oxygen atoms in total. The van der Waals surface area contributed by atoms with Gasteiger partial charge in [-0.25, -0.2) is 0 Å². The number of halogens is 40. The Kier molecular flexibility index (Phi) is 16.8. The molecule has 0 saturated carbocycles. The topological polar surface area (TPSA) is 161 Å². The molecule has 0 aromatic heterocycles. The molecule has 0 unspecified atom stereocenters. The predicted octanol–water partition coefficient (Wildman–Crippen LogP) is 12.7. The molecule has 0 bridgehead atoms. The molecule has 2 aromatic carbocycles. The van der Waals surface area contributed by atoms with Gasteiger partial charge >= 0.3 is 127 Å². The summed E-state index contributed by atoms with van der Waals surface area (Å²) in [7, 11) is -18.1. The van der Waals surface area contributed by atoms with Gasteiger partial charge in [-0.15, -0.1) is 18.7 Å². The molecule has 54 heteroatoms. The van der Waals surface area contributed by atoms with E-state index < -0.39 is 235 Å². The second kappa shape index (κ2) is 19.9. The first kappa shape index (κ1) is 75.2. The van der Waals surface area contributed by atoms with Crippen LogP contribution >= 0.6 is 0 Å². The van der Waals surface area contributed by atoms with Crippen LogP contribution in [0.2, 0.25) is 0 Å². The van der Waals surface area contributed by atoms with Crippen molar-refractivity contribution in [2.75, 3.05) is 0 Å². The van der Waals surface area contributed by atoms with E-state index >= 15 is 26.3 Å². The van der Waals surface area contributed by atoms with Gasteiger partial charge in [0.15, 0.2) is 0 Å². The van der Waals surface area contributed by atoms with Crippen molar-refractivity contribution in [2.45, 2.75) is 112 Å². The Balaban J connectivity index is 1.82. The van der Waals surface area contributed by atoms with Crippen LogP contribution in [0, 0.1) is 0 Å². The summed E-state index contributed by atoms with van der Waals surface area (Å²) in [6.45, 7) is 0. The highest BCUT2D eigenvalue weighted by molar-refractivity contribution is 7.88. The molecule has 89 heavy (non-hydrogen) atoms. The first-order valence-corrected chi connectivity index (χ1v) is 22.8. The van der Waals surface area contributed by atoms with E-state index in [1.807, 2.05) is 0 Å². The summed E-state index contributed by atoms with van der Waals surface area (Å²) in [5, 5.41) is -22.0. The Morgan fingerprint density at radius 2 is 0.449 bits per heavy atom. The van der Waals surface area contributed by atoms with Crippen LogP contribution in [0.1, 0.15) is 52.6 Å². The van der Waals surface area contributed by atoms with E-state index in [1.165, 1.54) is 0 Å².